The number of hydrogen-bond donors (Lipinski definition) is 2. The van der Waals surface area contributed by atoms with Crippen LogP contribution in [-0.4, -0.2) is 27.9 Å². The van der Waals surface area contributed by atoms with E-state index in [-0.39, 0.29) is 11.5 Å². The van der Waals surface area contributed by atoms with Crippen LogP contribution in [0.15, 0.2) is 42.5 Å². The van der Waals surface area contributed by atoms with Crippen molar-refractivity contribution in [3.05, 3.63) is 42.5 Å². The molecule has 0 unspecified atom stereocenters. The molecule has 1 heterocycles. The molecule has 3 aromatic rings. The maximum atomic E-state index is 9.90. The third kappa shape index (κ3) is 2.61. The highest BCUT2D eigenvalue weighted by Crippen LogP contribution is 2.37. The number of anilines is 1. The molecule has 0 atom stereocenters. The standard InChI is InChI=1S/C19H22N2O2/c1-4-21(5-2)19-12-15(23)8-9-16(19)18-10-13-6-7-14(22)11-17(13)20(18)3/h6-12,22-23H,4-5H2,1-3H3. The Labute approximate surface area is 136 Å². The maximum Gasteiger partial charge on any atom is 0.117 e. The summed E-state index contributed by atoms with van der Waals surface area (Å²) in [4.78, 5) is 2.23. The van der Waals surface area contributed by atoms with E-state index in [0.29, 0.717) is 0 Å². The van der Waals surface area contributed by atoms with Gasteiger partial charge in [-0.2, -0.15) is 0 Å². The number of aromatic nitrogens is 1. The molecule has 23 heavy (non-hydrogen) atoms. The molecule has 0 aliphatic heterocycles. The summed E-state index contributed by atoms with van der Waals surface area (Å²) in [7, 11) is 2.00. The lowest BCUT2D eigenvalue weighted by molar-refractivity contribution is 0.475. The van der Waals surface area contributed by atoms with Crippen molar-refractivity contribution in [3.8, 4) is 22.8 Å². The van der Waals surface area contributed by atoms with E-state index in [4.69, 9.17) is 0 Å². The number of aryl methyl sites for hydroxylation is 1. The minimum Gasteiger partial charge on any atom is -0.508 e. The molecule has 0 radical (unpaired) electrons. The third-order valence-corrected chi connectivity index (χ3v) is 4.39. The van der Waals surface area contributed by atoms with Crippen molar-refractivity contribution in [1.29, 1.82) is 0 Å². The number of hydrogen-bond acceptors (Lipinski definition) is 3. The van der Waals surface area contributed by atoms with Crippen molar-refractivity contribution in [2.75, 3.05) is 18.0 Å². The molecule has 0 aliphatic rings. The molecule has 0 spiro atoms. The summed E-state index contributed by atoms with van der Waals surface area (Å²) in [5, 5.41) is 20.7. The zero-order chi connectivity index (χ0) is 16.6. The minimum atomic E-state index is 0.264. The summed E-state index contributed by atoms with van der Waals surface area (Å²) >= 11 is 0. The van der Waals surface area contributed by atoms with E-state index in [0.717, 1.165) is 40.9 Å². The fourth-order valence-corrected chi connectivity index (χ4v) is 3.14. The SMILES string of the molecule is CCN(CC)c1cc(O)ccc1-c1cc2ccc(O)cc2n1C. The van der Waals surface area contributed by atoms with Crippen LogP contribution >= 0.6 is 0 Å². The smallest absolute Gasteiger partial charge is 0.117 e. The predicted molar refractivity (Wildman–Crippen MR) is 95.2 cm³/mol. The molecular formula is C19H22N2O2. The monoisotopic (exact) mass is 310 g/mol. The van der Waals surface area contributed by atoms with Gasteiger partial charge < -0.3 is 19.7 Å². The van der Waals surface area contributed by atoms with Crippen molar-refractivity contribution in [1.82, 2.24) is 4.57 Å². The first-order valence-corrected chi connectivity index (χ1v) is 7.92. The third-order valence-electron chi connectivity index (χ3n) is 4.39. The quantitative estimate of drug-likeness (QED) is 0.762. The van der Waals surface area contributed by atoms with E-state index < -0.39 is 0 Å². The topological polar surface area (TPSA) is 48.6 Å². The maximum absolute atomic E-state index is 9.90. The Morgan fingerprint density at radius 2 is 1.57 bits per heavy atom. The van der Waals surface area contributed by atoms with Crippen molar-refractivity contribution in [2.45, 2.75) is 13.8 Å². The van der Waals surface area contributed by atoms with Crippen molar-refractivity contribution in [3.63, 3.8) is 0 Å². The van der Waals surface area contributed by atoms with Gasteiger partial charge in [0.05, 0.1) is 11.2 Å². The summed E-state index contributed by atoms with van der Waals surface area (Å²) in [6.45, 7) is 5.96. The second-order valence-electron chi connectivity index (χ2n) is 5.71. The van der Waals surface area contributed by atoms with Crippen LogP contribution in [0.1, 0.15) is 13.8 Å². The van der Waals surface area contributed by atoms with Gasteiger partial charge in [0.2, 0.25) is 0 Å². The molecule has 0 bridgehead atoms. The molecule has 0 saturated carbocycles. The largest absolute Gasteiger partial charge is 0.508 e. The van der Waals surface area contributed by atoms with Crippen molar-refractivity contribution in [2.24, 2.45) is 7.05 Å². The zero-order valence-electron chi connectivity index (χ0n) is 13.7. The zero-order valence-corrected chi connectivity index (χ0v) is 13.7. The van der Waals surface area contributed by atoms with Gasteiger partial charge >= 0.3 is 0 Å². The van der Waals surface area contributed by atoms with Crippen LogP contribution in [0, 0.1) is 0 Å². The molecule has 0 saturated heterocycles. The van der Waals surface area contributed by atoms with E-state index in [1.165, 1.54) is 0 Å². The highest BCUT2D eigenvalue weighted by atomic mass is 16.3. The molecule has 2 aromatic carbocycles. The molecule has 4 heteroatoms. The predicted octanol–water partition coefficient (Wildman–Crippen LogP) is 4.10. The molecular weight excluding hydrogens is 288 g/mol. The van der Waals surface area contributed by atoms with Gasteiger partial charge in [-0.25, -0.2) is 0 Å². The number of nitrogens with zero attached hydrogens (tertiary/aromatic N) is 2. The lowest BCUT2D eigenvalue weighted by Crippen LogP contribution is -2.22. The van der Waals surface area contributed by atoms with Gasteiger partial charge in [0, 0.05) is 48.9 Å². The summed E-state index contributed by atoms with van der Waals surface area (Å²) < 4.78 is 2.08. The lowest BCUT2D eigenvalue weighted by atomic mass is 10.1. The summed E-state index contributed by atoms with van der Waals surface area (Å²) in [6, 6.07) is 13.0. The van der Waals surface area contributed by atoms with Crippen molar-refractivity contribution >= 4 is 16.6 Å². The van der Waals surface area contributed by atoms with E-state index in [1.54, 1.807) is 18.2 Å². The van der Waals surface area contributed by atoms with Crippen LogP contribution < -0.4 is 4.90 Å². The van der Waals surface area contributed by atoms with Gasteiger partial charge in [0.15, 0.2) is 0 Å². The number of phenolic OH excluding ortho intramolecular Hbond substituents is 2. The number of phenols is 2. The Morgan fingerprint density at radius 3 is 2.26 bits per heavy atom. The summed E-state index contributed by atoms with van der Waals surface area (Å²) in [5.74, 6) is 0.534. The van der Waals surface area contributed by atoms with Crippen LogP contribution in [0.25, 0.3) is 22.2 Å². The molecule has 0 fully saturated rings. The highest BCUT2D eigenvalue weighted by molar-refractivity contribution is 5.91. The molecule has 4 nitrogen and oxygen atoms in total. The fourth-order valence-electron chi connectivity index (χ4n) is 3.14. The molecule has 0 amide bonds. The van der Waals surface area contributed by atoms with E-state index in [2.05, 4.69) is 29.4 Å². The van der Waals surface area contributed by atoms with E-state index >= 15 is 0 Å². The molecule has 2 N–H and O–H groups in total. The second kappa shape index (κ2) is 5.88. The van der Waals surface area contributed by atoms with Gasteiger partial charge in [-0.1, -0.05) is 0 Å². The van der Waals surface area contributed by atoms with Crippen LogP contribution in [0.2, 0.25) is 0 Å². The Balaban J connectivity index is 2.24. The Morgan fingerprint density at radius 1 is 0.913 bits per heavy atom. The van der Waals surface area contributed by atoms with Crippen LogP contribution in [0.3, 0.4) is 0 Å². The first kappa shape index (κ1) is 15.3. The normalized spacial score (nSPS) is 11.1. The summed E-state index contributed by atoms with van der Waals surface area (Å²) in [6.07, 6.45) is 0. The van der Waals surface area contributed by atoms with Crippen LogP contribution in [0.5, 0.6) is 11.5 Å². The fraction of sp³-hybridized carbons (Fsp3) is 0.263. The number of fused-ring (bicyclic) bond motifs is 1. The van der Waals surface area contributed by atoms with Crippen molar-refractivity contribution < 1.29 is 10.2 Å². The van der Waals surface area contributed by atoms with Crippen LogP contribution in [-0.2, 0) is 7.05 Å². The average Bonchev–Trinajstić information content (AvgIpc) is 2.86. The molecule has 1 aromatic heterocycles. The number of benzene rings is 2. The molecule has 3 rings (SSSR count). The van der Waals surface area contributed by atoms with Gasteiger partial charge in [-0.15, -0.1) is 0 Å². The minimum absolute atomic E-state index is 0.264. The molecule has 120 valence electrons. The van der Waals surface area contributed by atoms with Gasteiger partial charge in [0.25, 0.3) is 0 Å². The average molecular weight is 310 g/mol. The Hall–Kier alpha value is -2.62. The van der Waals surface area contributed by atoms with E-state index in [1.807, 2.05) is 25.2 Å². The first-order chi connectivity index (χ1) is 11.0. The van der Waals surface area contributed by atoms with Gasteiger partial charge in [-0.05, 0) is 44.2 Å². The second-order valence-corrected chi connectivity index (χ2v) is 5.71. The van der Waals surface area contributed by atoms with Crippen LogP contribution in [0.4, 0.5) is 5.69 Å². The summed E-state index contributed by atoms with van der Waals surface area (Å²) in [5.41, 5.74) is 4.14. The lowest BCUT2D eigenvalue weighted by Gasteiger charge is -2.24. The first-order valence-electron chi connectivity index (χ1n) is 7.92. The Kier molecular flexibility index (Phi) is 3.90. The number of aromatic hydroxyl groups is 2. The van der Waals surface area contributed by atoms with Gasteiger partial charge in [0.1, 0.15) is 11.5 Å². The van der Waals surface area contributed by atoms with Gasteiger partial charge in [-0.3, -0.25) is 0 Å². The highest BCUT2D eigenvalue weighted by Gasteiger charge is 2.15. The van der Waals surface area contributed by atoms with E-state index in [9.17, 15) is 10.2 Å². The molecule has 0 aliphatic carbocycles. The number of rotatable bonds is 4. The Bertz CT molecular complexity index is 848.